The van der Waals surface area contributed by atoms with Crippen molar-refractivity contribution in [2.45, 2.75) is 116 Å². The minimum Gasteiger partial charge on any atom is -0.507 e. The highest BCUT2D eigenvalue weighted by Gasteiger charge is 2.44. The third-order valence-electron chi connectivity index (χ3n) is 12.5. The van der Waals surface area contributed by atoms with Crippen molar-refractivity contribution < 1.29 is 91.3 Å². The molecule has 8 atom stereocenters. The number of hydrogen-bond donors (Lipinski definition) is 3. The predicted molar refractivity (Wildman–Crippen MR) is 291 cm³/mol. The molecule has 0 saturated carbocycles. The second kappa shape index (κ2) is 29.6. The molecule has 3 heterocycles. The van der Waals surface area contributed by atoms with Crippen molar-refractivity contribution in [3.8, 4) is 34.5 Å². The van der Waals surface area contributed by atoms with E-state index in [9.17, 15) is 34.5 Å². The summed E-state index contributed by atoms with van der Waals surface area (Å²) in [5, 5.41) is 31.0. The number of benzene rings is 4. The lowest BCUT2D eigenvalue weighted by molar-refractivity contribution is -0.152. The molecule has 19 heteroatoms. The van der Waals surface area contributed by atoms with Crippen LogP contribution in [-0.4, -0.2) is 136 Å². The molecule has 0 radical (unpaired) electrons. The fourth-order valence-electron chi connectivity index (χ4n) is 8.33. The molecule has 19 nitrogen and oxygen atoms in total. The number of ketones is 2. The maximum absolute atomic E-state index is 13.7. The van der Waals surface area contributed by atoms with Crippen LogP contribution in [0, 0.1) is 0 Å². The number of phenolic OH excluding ortho intramolecular Hbond substituents is 1. The maximum Gasteiger partial charge on any atom is 0.342 e. The molecule has 0 aromatic heterocycles. The number of rotatable bonds is 13. The van der Waals surface area contributed by atoms with Gasteiger partial charge in [0.15, 0.2) is 24.1 Å². The number of phenols is 1. The summed E-state index contributed by atoms with van der Waals surface area (Å²) in [6.07, 6.45) is 4.53. The maximum atomic E-state index is 13.7. The Morgan fingerprint density at radius 2 is 1.08 bits per heavy atom. The molecular formula is C60H72O19. The number of ether oxygens (including phenoxy) is 12. The molecule has 0 spiro atoms. The molecule has 0 bridgehead atoms. The monoisotopic (exact) mass is 1100 g/mol. The van der Waals surface area contributed by atoms with Crippen molar-refractivity contribution in [3.63, 3.8) is 0 Å². The number of esters is 2. The lowest BCUT2D eigenvalue weighted by atomic mass is 10.0. The van der Waals surface area contributed by atoms with Crippen LogP contribution in [0.2, 0.25) is 0 Å². The summed E-state index contributed by atoms with van der Waals surface area (Å²) in [4.78, 5) is 52.5. The number of fused-ring (bicyclic) bond motifs is 3. The Kier molecular flexibility index (Phi) is 23.4. The van der Waals surface area contributed by atoms with Gasteiger partial charge in [-0.25, -0.2) is 9.59 Å². The molecule has 1 fully saturated rings. The van der Waals surface area contributed by atoms with Crippen LogP contribution in [0.4, 0.5) is 0 Å². The Morgan fingerprint density at radius 3 is 1.59 bits per heavy atom. The predicted octanol–water partition coefficient (Wildman–Crippen LogP) is 8.32. The van der Waals surface area contributed by atoms with E-state index in [2.05, 4.69) is 0 Å². The van der Waals surface area contributed by atoms with Gasteiger partial charge in [-0.05, 0) is 123 Å². The van der Waals surface area contributed by atoms with Crippen molar-refractivity contribution in [3.05, 3.63) is 143 Å². The molecule has 4 aromatic rings. The zero-order valence-corrected chi connectivity index (χ0v) is 45.1. The highest BCUT2D eigenvalue weighted by atomic mass is 16.8. The van der Waals surface area contributed by atoms with Crippen molar-refractivity contribution in [1.82, 2.24) is 0 Å². The third-order valence-corrected chi connectivity index (χ3v) is 12.5. The standard InChI is InChI=1S/C32H38O10.C27H30O9.CH4/c1-20-26(38-18-21-10-12-23(36-5)13-11-21)15-14-25(33)30-27(41-32(2,3)42-30)9-7-8-22-16-24(37-6)17-28(39-19-35-4)29(22)31(34)40-20;1-16-24(35-15-17-7-9-19(33-2)10-8-17)12-11-22(29)26(31)21(28)6-4-5-18-13-20(34-3)14-23(30)25(18)27(32)36-16;/h7-8,10-17,20,26-27,30H,9,18-19H2,1-6H3;4-5,7-14,16,21,24,26,28,30-31H,6,15H2,1-3H3;1H4/b8-7?,15-14-;5-4+,12-11-;/t20-,26+,27-,30+;16-,21-,24+,26-;/m00./s1. The summed E-state index contributed by atoms with van der Waals surface area (Å²) < 4.78 is 67.5. The van der Waals surface area contributed by atoms with Crippen LogP contribution in [0.1, 0.15) is 90.9 Å². The molecule has 3 aliphatic rings. The lowest BCUT2D eigenvalue weighted by Gasteiger charge is -2.24. The van der Waals surface area contributed by atoms with Gasteiger partial charge in [0.2, 0.25) is 0 Å². The molecule has 1 saturated heterocycles. The lowest BCUT2D eigenvalue weighted by Crippen LogP contribution is -2.34. The van der Waals surface area contributed by atoms with Crippen LogP contribution >= 0.6 is 0 Å². The van der Waals surface area contributed by atoms with Gasteiger partial charge in [-0.3, -0.25) is 9.59 Å². The number of methoxy groups -OCH3 is 5. The number of aromatic hydroxyl groups is 1. The first-order chi connectivity index (χ1) is 37.4. The van der Waals surface area contributed by atoms with Gasteiger partial charge in [-0.2, -0.15) is 0 Å². The first-order valence-electron chi connectivity index (χ1n) is 25.0. The average molecular weight is 1100 g/mol. The summed E-state index contributed by atoms with van der Waals surface area (Å²) in [5.74, 6) is -1.31. The van der Waals surface area contributed by atoms with Gasteiger partial charge in [-0.15, -0.1) is 0 Å². The summed E-state index contributed by atoms with van der Waals surface area (Å²) in [6.45, 7) is 7.06. The number of carbonyl (C=O) groups excluding carboxylic acids is 4. The Bertz CT molecular complexity index is 2800. The summed E-state index contributed by atoms with van der Waals surface area (Å²) in [7, 11) is 7.58. The third kappa shape index (κ3) is 17.3. The molecule has 3 aliphatic heterocycles. The fourth-order valence-corrected chi connectivity index (χ4v) is 8.33. The summed E-state index contributed by atoms with van der Waals surface area (Å²) in [5.41, 5.74) is 2.56. The van der Waals surface area contributed by atoms with Gasteiger partial charge in [0.05, 0.1) is 53.9 Å². The molecule has 426 valence electrons. The van der Waals surface area contributed by atoms with Gasteiger partial charge < -0.3 is 72.2 Å². The Hall–Kier alpha value is -7.36. The van der Waals surface area contributed by atoms with Gasteiger partial charge in [-0.1, -0.05) is 56.0 Å². The van der Waals surface area contributed by atoms with E-state index >= 15 is 0 Å². The zero-order valence-electron chi connectivity index (χ0n) is 45.1. The minimum absolute atomic E-state index is 0. The van der Waals surface area contributed by atoms with Crippen LogP contribution in [0.5, 0.6) is 34.5 Å². The SMILES string of the molecule is C.COCOc1cc(OC)cc2c1C(=O)O[C@@H](C)[C@H](OCc1ccc(OC)cc1)/C=C\C(=O)[C@H]1OC(C)(C)O[C@H]1CC=C2.COc1ccc(CO[C@@H]2/C=C\C(=O)[C@@H](O)[C@@H](O)C/C=C/c3cc(OC)cc(O)c3C(=O)O[C@H]2C)cc1. The Labute approximate surface area is 460 Å². The van der Waals surface area contributed by atoms with Gasteiger partial charge >= 0.3 is 11.9 Å². The second-order valence-electron chi connectivity index (χ2n) is 18.6. The van der Waals surface area contributed by atoms with E-state index in [1.165, 1.54) is 57.8 Å². The van der Waals surface area contributed by atoms with Gasteiger partial charge in [0.25, 0.3) is 0 Å². The van der Waals surface area contributed by atoms with Gasteiger partial charge in [0, 0.05) is 19.2 Å². The molecule has 0 amide bonds. The van der Waals surface area contributed by atoms with Crippen molar-refractivity contribution >= 4 is 35.7 Å². The van der Waals surface area contributed by atoms with E-state index in [-0.39, 0.29) is 67.8 Å². The van der Waals surface area contributed by atoms with E-state index < -0.39 is 72.3 Å². The first kappa shape index (κ1) is 62.5. The number of aliphatic hydroxyl groups is 2. The van der Waals surface area contributed by atoms with Crippen LogP contribution in [0.3, 0.4) is 0 Å². The first-order valence-corrected chi connectivity index (χ1v) is 25.0. The van der Waals surface area contributed by atoms with Crippen molar-refractivity contribution in [2.75, 3.05) is 42.3 Å². The van der Waals surface area contributed by atoms with E-state index in [4.69, 9.17) is 56.8 Å². The van der Waals surface area contributed by atoms with E-state index in [0.29, 0.717) is 29.2 Å². The normalized spacial score (nSPS) is 24.3. The van der Waals surface area contributed by atoms with Crippen LogP contribution in [-0.2, 0) is 56.0 Å². The molecule has 3 N–H and O–H groups in total. The van der Waals surface area contributed by atoms with Gasteiger partial charge in [0.1, 0.15) is 82.2 Å². The van der Waals surface area contributed by atoms with E-state index in [0.717, 1.165) is 23.0 Å². The number of hydrogen-bond acceptors (Lipinski definition) is 19. The van der Waals surface area contributed by atoms with Crippen LogP contribution < -0.4 is 23.7 Å². The quantitative estimate of drug-likeness (QED) is 0.0842. The summed E-state index contributed by atoms with van der Waals surface area (Å²) in [6, 6.07) is 20.7. The Balaban J connectivity index is 0.000000290. The molecule has 4 aromatic carbocycles. The molecule has 0 unspecified atom stereocenters. The number of carbonyl (C=O) groups is 4. The van der Waals surface area contributed by atoms with Crippen LogP contribution in [0.15, 0.2) is 109 Å². The van der Waals surface area contributed by atoms with Crippen molar-refractivity contribution in [1.29, 1.82) is 0 Å². The fraction of sp³-hybridized carbons (Fsp3) is 0.400. The topological polar surface area (TPSA) is 240 Å². The molecule has 7 rings (SSSR count). The van der Waals surface area contributed by atoms with E-state index in [1.807, 2.05) is 42.5 Å². The number of aliphatic hydroxyl groups excluding tert-OH is 2. The minimum atomic E-state index is -1.66. The summed E-state index contributed by atoms with van der Waals surface area (Å²) >= 11 is 0. The Morgan fingerprint density at radius 1 is 0.595 bits per heavy atom. The van der Waals surface area contributed by atoms with Crippen molar-refractivity contribution in [2.24, 2.45) is 0 Å². The molecule has 79 heavy (non-hydrogen) atoms. The molecule has 0 aliphatic carbocycles. The average Bonchev–Trinajstić information content (AvgIpc) is 3.80. The second-order valence-corrected chi connectivity index (χ2v) is 18.6. The number of cyclic esters (lactones) is 2. The largest absolute Gasteiger partial charge is 0.507 e. The van der Waals surface area contributed by atoms with E-state index in [1.54, 1.807) is 78.3 Å². The zero-order chi connectivity index (χ0) is 56.5. The smallest absolute Gasteiger partial charge is 0.342 e. The molecular weight excluding hydrogens is 1020 g/mol. The highest BCUT2D eigenvalue weighted by molar-refractivity contribution is 5.98. The highest BCUT2D eigenvalue weighted by Crippen LogP contribution is 2.35. The van der Waals surface area contributed by atoms with Crippen LogP contribution in [0.25, 0.3) is 12.2 Å².